The Morgan fingerprint density at radius 3 is 2.55 bits per heavy atom. The third-order valence-corrected chi connectivity index (χ3v) is 5.42. The number of amides is 1. The normalized spacial score (nSPS) is 12.9. The molecule has 0 aromatic heterocycles. The van der Waals surface area contributed by atoms with E-state index >= 15 is 0 Å². The molecule has 0 saturated heterocycles. The van der Waals surface area contributed by atoms with Gasteiger partial charge in [-0.15, -0.1) is 0 Å². The van der Waals surface area contributed by atoms with Crippen molar-refractivity contribution < 1.29 is 28.9 Å². The SMILES string of the molecule is COc1ccc(NC(=O)CCC(C)=CCc2c(O)c3c(c(C)c2OC)COC3=O)cc1. The van der Waals surface area contributed by atoms with Crippen LogP contribution in [0.5, 0.6) is 17.2 Å². The number of phenols is 1. The number of carbonyl (C=O) groups is 2. The van der Waals surface area contributed by atoms with E-state index in [0.29, 0.717) is 41.8 Å². The third-order valence-electron chi connectivity index (χ3n) is 5.42. The van der Waals surface area contributed by atoms with Crippen LogP contribution >= 0.6 is 0 Å². The van der Waals surface area contributed by atoms with Crippen molar-refractivity contribution in [3.05, 3.63) is 58.2 Å². The first-order valence-electron chi connectivity index (χ1n) is 10.0. The molecular formula is C24H27NO6. The van der Waals surface area contributed by atoms with E-state index in [1.54, 1.807) is 31.4 Å². The number of hydrogen-bond donors (Lipinski definition) is 2. The van der Waals surface area contributed by atoms with Crippen LogP contribution in [0.4, 0.5) is 5.69 Å². The summed E-state index contributed by atoms with van der Waals surface area (Å²) in [6.07, 6.45) is 3.21. The van der Waals surface area contributed by atoms with Gasteiger partial charge in [-0.25, -0.2) is 4.79 Å². The van der Waals surface area contributed by atoms with E-state index in [-0.39, 0.29) is 23.8 Å². The second-order valence-corrected chi connectivity index (χ2v) is 7.45. The largest absolute Gasteiger partial charge is 0.507 e. The Labute approximate surface area is 181 Å². The maximum Gasteiger partial charge on any atom is 0.342 e. The molecule has 3 rings (SSSR count). The van der Waals surface area contributed by atoms with Gasteiger partial charge in [0.1, 0.15) is 29.4 Å². The minimum Gasteiger partial charge on any atom is -0.507 e. The van der Waals surface area contributed by atoms with Gasteiger partial charge in [0.25, 0.3) is 0 Å². The number of methoxy groups -OCH3 is 2. The first-order chi connectivity index (χ1) is 14.8. The van der Waals surface area contributed by atoms with E-state index in [4.69, 9.17) is 14.2 Å². The van der Waals surface area contributed by atoms with Gasteiger partial charge in [0.2, 0.25) is 5.91 Å². The molecule has 2 aromatic carbocycles. The zero-order valence-corrected chi connectivity index (χ0v) is 18.2. The van der Waals surface area contributed by atoms with Crippen molar-refractivity contribution >= 4 is 17.6 Å². The van der Waals surface area contributed by atoms with Gasteiger partial charge in [-0.05, 0) is 56.5 Å². The molecule has 0 unspecified atom stereocenters. The highest BCUT2D eigenvalue weighted by atomic mass is 16.5. The number of esters is 1. The van der Waals surface area contributed by atoms with Crippen LogP contribution in [0.3, 0.4) is 0 Å². The molecule has 0 radical (unpaired) electrons. The molecule has 1 amide bonds. The number of benzene rings is 2. The number of hydrogen-bond acceptors (Lipinski definition) is 6. The Balaban J connectivity index is 1.65. The van der Waals surface area contributed by atoms with Crippen LogP contribution in [0.15, 0.2) is 35.9 Å². The van der Waals surface area contributed by atoms with Gasteiger partial charge in [-0.2, -0.15) is 0 Å². The number of aromatic hydroxyl groups is 1. The molecule has 0 fully saturated rings. The summed E-state index contributed by atoms with van der Waals surface area (Å²) in [4.78, 5) is 24.2. The quantitative estimate of drug-likeness (QED) is 0.484. The van der Waals surface area contributed by atoms with Crippen molar-refractivity contribution in [3.8, 4) is 17.2 Å². The molecule has 0 atom stereocenters. The molecule has 1 heterocycles. The summed E-state index contributed by atoms with van der Waals surface area (Å²) in [7, 11) is 3.13. The number of phenolic OH excluding ortho intramolecular Hbond substituents is 1. The second kappa shape index (κ2) is 9.55. The van der Waals surface area contributed by atoms with Crippen LogP contribution in [0.25, 0.3) is 0 Å². The van der Waals surface area contributed by atoms with Gasteiger partial charge in [-0.1, -0.05) is 11.6 Å². The van der Waals surface area contributed by atoms with Crippen LogP contribution in [0.2, 0.25) is 0 Å². The molecule has 7 nitrogen and oxygen atoms in total. The number of anilines is 1. The maximum atomic E-state index is 12.2. The molecule has 31 heavy (non-hydrogen) atoms. The minimum atomic E-state index is -0.518. The van der Waals surface area contributed by atoms with E-state index in [9.17, 15) is 14.7 Å². The van der Waals surface area contributed by atoms with Crippen LogP contribution in [-0.4, -0.2) is 31.2 Å². The van der Waals surface area contributed by atoms with Crippen LogP contribution in [-0.2, 0) is 22.6 Å². The Morgan fingerprint density at radius 1 is 1.19 bits per heavy atom. The van der Waals surface area contributed by atoms with Crippen LogP contribution in [0, 0.1) is 6.92 Å². The minimum absolute atomic E-state index is 0.0885. The Hall–Kier alpha value is -3.48. The maximum absolute atomic E-state index is 12.2. The van der Waals surface area contributed by atoms with Crippen molar-refractivity contribution in [2.45, 2.75) is 39.7 Å². The third kappa shape index (κ3) is 4.82. The number of carbonyl (C=O) groups excluding carboxylic acids is 2. The van der Waals surface area contributed by atoms with Gasteiger partial charge in [0.05, 0.1) is 14.2 Å². The Kier molecular flexibility index (Phi) is 6.84. The van der Waals surface area contributed by atoms with Gasteiger partial charge >= 0.3 is 5.97 Å². The smallest absolute Gasteiger partial charge is 0.342 e. The summed E-state index contributed by atoms with van der Waals surface area (Å²) in [6, 6.07) is 7.15. The Morgan fingerprint density at radius 2 is 1.90 bits per heavy atom. The van der Waals surface area contributed by atoms with Crippen LogP contribution < -0.4 is 14.8 Å². The zero-order chi connectivity index (χ0) is 22.5. The standard InChI is InChI=1S/C24H27NO6/c1-14(6-12-20(26)25-16-7-9-17(29-3)10-8-16)5-11-18-22(27)21-19(13-31-24(21)28)15(2)23(18)30-4/h5,7-10,27H,6,11-13H2,1-4H3,(H,25,26). The lowest BCUT2D eigenvalue weighted by atomic mass is 9.94. The molecule has 0 saturated carbocycles. The van der Waals surface area contributed by atoms with Gasteiger partial charge in [0, 0.05) is 23.2 Å². The van der Waals surface area contributed by atoms with E-state index in [0.717, 1.165) is 16.9 Å². The van der Waals surface area contributed by atoms with E-state index < -0.39 is 5.97 Å². The fraction of sp³-hybridized carbons (Fsp3) is 0.333. The first-order valence-corrected chi connectivity index (χ1v) is 10.0. The van der Waals surface area contributed by atoms with Gasteiger partial charge in [0.15, 0.2) is 0 Å². The molecule has 2 aromatic rings. The lowest BCUT2D eigenvalue weighted by Crippen LogP contribution is -2.11. The summed E-state index contributed by atoms with van der Waals surface area (Å²) < 4.78 is 15.7. The molecule has 1 aliphatic heterocycles. The monoisotopic (exact) mass is 425 g/mol. The molecule has 164 valence electrons. The molecule has 0 spiro atoms. The van der Waals surface area contributed by atoms with Crippen molar-refractivity contribution in [2.75, 3.05) is 19.5 Å². The lowest BCUT2D eigenvalue weighted by molar-refractivity contribution is -0.116. The van der Waals surface area contributed by atoms with E-state index in [1.165, 1.54) is 7.11 Å². The highest BCUT2D eigenvalue weighted by Gasteiger charge is 2.31. The van der Waals surface area contributed by atoms with E-state index in [1.807, 2.05) is 19.9 Å². The van der Waals surface area contributed by atoms with Gasteiger partial charge < -0.3 is 24.6 Å². The molecule has 1 aliphatic rings. The van der Waals surface area contributed by atoms with E-state index in [2.05, 4.69) is 5.32 Å². The fourth-order valence-electron chi connectivity index (χ4n) is 3.61. The lowest BCUT2D eigenvalue weighted by Gasteiger charge is -2.15. The number of ether oxygens (including phenoxy) is 3. The molecular weight excluding hydrogens is 398 g/mol. The predicted molar refractivity (Wildman–Crippen MR) is 117 cm³/mol. The van der Waals surface area contributed by atoms with Crippen molar-refractivity contribution in [1.29, 1.82) is 0 Å². The molecule has 0 aliphatic carbocycles. The molecule has 0 bridgehead atoms. The van der Waals surface area contributed by atoms with Crippen molar-refractivity contribution in [1.82, 2.24) is 0 Å². The predicted octanol–water partition coefficient (Wildman–Crippen LogP) is 4.30. The van der Waals surface area contributed by atoms with Crippen molar-refractivity contribution in [2.24, 2.45) is 0 Å². The number of allylic oxidation sites excluding steroid dienone is 2. The summed E-state index contributed by atoms with van der Waals surface area (Å²) in [5, 5.41) is 13.5. The summed E-state index contributed by atoms with van der Waals surface area (Å²) in [5.41, 5.74) is 3.92. The fourth-order valence-corrected chi connectivity index (χ4v) is 3.61. The molecule has 7 heteroatoms. The van der Waals surface area contributed by atoms with Gasteiger partial charge in [-0.3, -0.25) is 4.79 Å². The number of fused-ring (bicyclic) bond motifs is 1. The average molecular weight is 425 g/mol. The number of rotatable bonds is 8. The summed E-state index contributed by atoms with van der Waals surface area (Å²) >= 11 is 0. The topological polar surface area (TPSA) is 94.1 Å². The highest BCUT2D eigenvalue weighted by molar-refractivity contribution is 5.98. The first kappa shape index (κ1) is 22.2. The number of nitrogens with one attached hydrogen (secondary N) is 1. The summed E-state index contributed by atoms with van der Waals surface area (Å²) in [6.45, 7) is 3.92. The van der Waals surface area contributed by atoms with Crippen molar-refractivity contribution in [3.63, 3.8) is 0 Å². The highest BCUT2D eigenvalue weighted by Crippen LogP contribution is 2.42. The zero-order valence-electron chi connectivity index (χ0n) is 18.2. The second-order valence-electron chi connectivity index (χ2n) is 7.45. The average Bonchev–Trinajstić information content (AvgIpc) is 3.16. The number of cyclic esters (lactones) is 1. The van der Waals surface area contributed by atoms with Crippen LogP contribution in [0.1, 0.15) is 46.8 Å². The molecule has 2 N–H and O–H groups in total. The Bertz CT molecular complexity index is 1020. The summed E-state index contributed by atoms with van der Waals surface area (Å²) in [5.74, 6) is 0.576.